The Kier molecular flexibility index (Phi) is 5.09. The molecule has 9 heteroatoms. The van der Waals surface area contributed by atoms with Crippen molar-refractivity contribution in [2.75, 3.05) is 19.3 Å². The zero-order chi connectivity index (χ0) is 17.3. The number of hydrogen-bond donors (Lipinski definition) is 0. The maximum Gasteiger partial charge on any atom is 0.345 e. The van der Waals surface area contributed by atoms with E-state index in [4.69, 9.17) is 0 Å². The van der Waals surface area contributed by atoms with Crippen LogP contribution in [-0.4, -0.2) is 49.5 Å². The molecule has 2 aromatic heterocycles. The molecule has 1 fully saturated rings. The zero-order valence-corrected chi connectivity index (χ0v) is 15.7. The largest absolute Gasteiger partial charge is 0.345 e. The van der Waals surface area contributed by atoms with E-state index in [0.717, 1.165) is 29.6 Å². The highest BCUT2D eigenvalue weighted by Gasteiger charge is 2.30. The first kappa shape index (κ1) is 17.2. The minimum atomic E-state index is -0.0972. The zero-order valence-electron chi connectivity index (χ0n) is 14.1. The topological polar surface area (TPSA) is 73.0 Å². The van der Waals surface area contributed by atoms with Crippen LogP contribution in [0.2, 0.25) is 0 Å². The van der Waals surface area contributed by atoms with Gasteiger partial charge in [-0.05, 0) is 26.0 Å². The van der Waals surface area contributed by atoms with Crippen molar-refractivity contribution < 1.29 is 4.79 Å². The summed E-state index contributed by atoms with van der Waals surface area (Å²) in [5.74, 6) is 0.846. The van der Waals surface area contributed by atoms with Gasteiger partial charge in [-0.2, -0.15) is 5.10 Å². The Labute approximate surface area is 148 Å². The van der Waals surface area contributed by atoms with Gasteiger partial charge in [-0.25, -0.2) is 14.5 Å². The van der Waals surface area contributed by atoms with E-state index in [2.05, 4.69) is 10.1 Å². The van der Waals surface area contributed by atoms with Crippen LogP contribution >= 0.6 is 23.1 Å². The predicted octanol–water partition coefficient (Wildman–Crippen LogP) is 1.80. The van der Waals surface area contributed by atoms with Crippen LogP contribution in [0, 0.1) is 0 Å². The van der Waals surface area contributed by atoms with Crippen LogP contribution < -0.4 is 5.69 Å². The maximum atomic E-state index is 12.7. The summed E-state index contributed by atoms with van der Waals surface area (Å²) in [5.41, 5.74) is 0.416. The third-order valence-electron chi connectivity index (χ3n) is 4.30. The van der Waals surface area contributed by atoms with Crippen LogP contribution in [0.3, 0.4) is 0 Å². The molecule has 1 atom stereocenters. The second kappa shape index (κ2) is 7.10. The van der Waals surface area contributed by atoms with E-state index in [1.54, 1.807) is 23.4 Å². The second-order valence-corrected chi connectivity index (χ2v) is 7.71. The van der Waals surface area contributed by atoms with Crippen molar-refractivity contribution in [2.24, 2.45) is 7.05 Å². The highest BCUT2D eigenvalue weighted by Crippen LogP contribution is 2.27. The fraction of sp³-hybridized carbons (Fsp3) is 0.600. The molecule has 0 N–H and O–H groups in total. The average molecular weight is 368 g/mol. The molecule has 0 aliphatic carbocycles. The summed E-state index contributed by atoms with van der Waals surface area (Å²) in [6, 6.07) is 0. The Morgan fingerprint density at radius 2 is 2.29 bits per heavy atom. The predicted molar refractivity (Wildman–Crippen MR) is 94.9 cm³/mol. The van der Waals surface area contributed by atoms with Gasteiger partial charge in [0.15, 0.2) is 0 Å². The van der Waals surface area contributed by atoms with E-state index in [1.165, 1.54) is 16.0 Å². The summed E-state index contributed by atoms with van der Waals surface area (Å²) < 4.78 is 3.98. The molecular weight excluding hydrogens is 346 g/mol. The molecule has 24 heavy (non-hydrogen) atoms. The molecule has 1 aliphatic heterocycles. The Morgan fingerprint density at radius 3 is 2.96 bits per heavy atom. The molecule has 2 aromatic rings. The lowest BCUT2D eigenvalue weighted by Gasteiger charge is -2.31. The normalized spacial score (nSPS) is 18.1. The van der Waals surface area contributed by atoms with E-state index in [9.17, 15) is 9.59 Å². The number of rotatable bonds is 4. The van der Waals surface area contributed by atoms with Crippen LogP contribution in [0.5, 0.6) is 0 Å². The second-order valence-electron chi connectivity index (χ2n) is 5.80. The summed E-state index contributed by atoms with van der Waals surface area (Å²) >= 11 is 3.04. The number of likely N-dealkylation sites (tertiary alicyclic amines) is 1. The lowest BCUT2D eigenvalue weighted by molar-refractivity contribution is 0.0697. The van der Waals surface area contributed by atoms with E-state index < -0.39 is 0 Å². The first-order valence-electron chi connectivity index (χ1n) is 7.97. The number of piperidine rings is 1. The Balaban J connectivity index is 1.80. The van der Waals surface area contributed by atoms with Crippen LogP contribution in [0.1, 0.15) is 42.0 Å². The van der Waals surface area contributed by atoms with Gasteiger partial charge in [0.25, 0.3) is 5.91 Å². The standard InChI is InChI=1S/C15H21N5O2S2/c1-4-20-12(17-18(2)15(20)22)10-6-5-7-19(8-10)13(21)11-9-24-14(16-11)23-3/h9-10H,4-8H2,1-3H3. The highest BCUT2D eigenvalue weighted by molar-refractivity contribution is 8.00. The smallest absolute Gasteiger partial charge is 0.337 e. The molecule has 1 unspecified atom stereocenters. The van der Waals surface area contributed by atoms with Crippen molar-refractivity contribution in [3.05, 3.63) is 27.4 Å². The highest BCUT2D eigenvalue weighted by atomic mass is 32.2. The minimum Gasteiger partial charge on any atom is -0.337 e. The number of thioether (sulfide) groups is 1. The van der Waals surface area contributed by atoms with E-state index in [1.807, 2.05) is 23.5 Å². The van der Waals surface area contributed by atoms with Crippen molar-refractivity contribution in [1.82, 2.24) is 24.2 Å². The maximum absolute atomic E-state index is 12.7. The van der Waals surface area contributed by atoms with Crippen LogP contribution in [0.25, 0.3) is 0 Å². The number of nitrogens with zero attached hydrogens (tertiary/aromatic N) is 5. The molecule has 1 saturated heterocycles. The number of amides is 1. The van der Waals surface area contributed by atoms with Gasteiger partial charge < -0.3 is 4.90 Å². The number of carbonyl (C=O) groups excluding carboxylic acids is 1. The average Bonchev–Trinajstić information content (AvgIpc) is 3.19. The van der Waals surface area contributed by atoms with Crippen LogP contribution in [-0.2, 0) is 13.6 Å². The summed E-state index contributed by atoms with van der Waals surface area (Å²) in [6.07, 6.45) is 3.80. The molecular formula is C15H21N5O2S2. The lowest BCUT2D eigenvalue weighted by atomic mass is 9.97. The molecule has 1 amide bonds. The van der Waals surface area contributed by atoms with Gasteiger partial charge in [0.05, 0.1) is 0 Å². The first-order valence-corrected chi connectivity index (χ1v) is 10.1. The van der Waals surface area contributed by atoms with E-state index >= 15 is 0 Å². The molecule has 1 aliphatic rings. The van der Waals surface area contributed by atoms with Crippen molar-refractivity contribution >= 4 is 29.0 Å². The van der Waals surface area contributed by atoms with Gasteiger partial charge in [-0.3, -0.25) is 9.36 Å². The fourth-order valence-corrected chi connectivity index (χ4v) is 4.34. The van der Waals surface area contributed by atoms with Gasteiger partial charge >= 0.3 is 5.69 Å². The van der Waals surface area contributed by atoms with Crippen molar-refractivity contribution in [3.8, 4) is 0 Å². The van der Waals surface area contributed by atoms with Crippen molar-refractivity contribution in [3.63, 3.8) is 0 Å². The third-order valence-corrected chi connectivity index (χ3v) is 6.17. The first-order chi connectivity index (χ1) is 11.5. The minimum absolute atomic E-state index is 0.0300. The SMILES string of the molecule is CCn1c(C2CCCN(C(=O)c3csc(SC)n3)C2)nn(C)c1=O. The summed E-state index contributed by atoms with van der Waals surface area (Å²) in [4.78, 5) is 31.0. The number of aryl methyl sites for hydroxylation is 1. The van der Waals surface area contributed by atoms with Gasteiger partial charge in [0.1, 0.15) is 15.9 Å². The molecule has 130 valence electrons. The van der Waals surface area contributed by atoms with Gasteiger partial charge in [-0.15, -0.1) is 11.3 Å². The molecule has 3 rings (SSSR count). The summed E-state index contributed by atoms with van der Waals surface area (Å²) in [6.45, 7) is 3.85. The summed E-state index contributed by atoms with van der Waals surface area (Å²) in [7, 11) is 1.67. The molecule has 0 radical (unpaired) electrons. The number of thiazole rings is 1. The molecule has 0 saturated carbocycles. The Bertz CT molecular complexity index is 794. The van der Waals surface area contributed by atoms with Crippen molar-refractivity contribution in [1.29, 1.82) is 0 Å². The van der Waals surface area contributed by atoms with Gasteiger partial charge in [0, 0.05) is 38.0 Å². The Morgan fingerprint density at radius 1 is 1.50 bits per heavy atom. The molecule has 0 bridgehead atoms. The molecule has 0 spiro atoms. The number of carbonyl (C=O) groups is 1. The van der Waals surface area contributed by atoms with Crippen LogP contribution in [0.4, 0.5) is 0 Å². The summed E-state index contributed by atoms with van der Waals surface area (Å²) in [5, 5.41) is 6.22. The monoisotopic (exact) mass is 367 g/mol. The van der Waals surface area contributed by atoms with E-state index in [0.29, 0.717) is 18.8 Å². The van der Waals surface area contributed by atoms with Gasteiger partial charge in [-0.1, -0.05) is 11.8 Å². The molecule has 7 nitrogen and oxygen atoms in total. The van der Waals surface area contributed by atoms with E-state index in [-0.39, 0.29) is 17.5 Å². The lowest BCUT2D eigenvalue weighted by Crippen LogP contribution is -2.40. The molecule has 0 aromatic carbocycles. The fourth-order valence-electron chi connectivity index (χ4n) is 3.11. The third kappa shape index (κ3) is 3.14. The van der Waals surface area contributed by atoms with Crippen LogP contribution in [0.15, 0.2) is 14.5 Å². The van der Waals surface area contributed by atoms with Gasteiger partial charge in [0.2, 0.25) is 0 Å². The quantitative estimate of drug-likeness (QED) is 0.771. The molecule has 3 heterocycles. The number of aromatic nitrogens is 4. The Hall–Kier alpha value is -1.61. The van der Waals surface area contributed by atoms with Crippen molar-refractivity contribution in [2.45, 2.75) is 36.6 Å². The number of hydrogen-bond acceptors (Lipinski definition) is 6.